The molecule has 0 fully saturated rings. The molecule has 0 heterocycles. The van der Waals surface area contributed by atoms with Gasteiger partial charge in [0.05, 0.1) is 18.6 Å². The lowest BCUT2D eigenvalue weighted by Crippen LogP contribution is -2.23. The molecule has 2 rings (SSSR count). The van der Waals surface area contributed by atoms with Gasteiger partial charge in [0.2, 0.25) is 0 Å². The van der Waals surface area contributed by atoms with Crippen molar-refractivity contribution in [2.45, 2.75) is 19.9 Å². The van der Waals surface area contributed by atoms with Gasteiger partial charge in [-0.2, -0.15) is 5.26 Å². The van der Waals surface area contributed by atoms with E-state index in [1.165, 1.54) is 6.92 Å². The lowest BCUT2D eigenvalue weighted by atomic mass is 9.83. The predicted molar refractivity (Wildman–Crippen MR) is 75.5 cm³/mol. The van der Waals surface area contributed by atoms with Gasteiger partial charge in [-0.15, -0.1) is 0 Å². The van der Waals surface area contributed by atoms with Gasteiger partial charge >= 0.3 is 0 Å². The van der Waals surface area contributed by atoms with Crippen LogP contribution in [0, 0.1) is 16.7 Å². The molecule has 1 N–H and O–H groups in total. The average Bonchev–Trinajstić information content (AvgIpc) is 2.47. The zero-order chi connectivity index (χ0) is 15.5. The normalized spacial score (nSPS) is 21.6. The molecule has 0 spiro atoms. The van der Waals surface area contributed by atoms with Gasteiger partial charge in [0.15, 0.2) is 0 Å². The van der Waals surface area contributed by atoms with Gasteiger partial charge in [-0.1, -0.05) is 12.1 Å². The average molecular weight is 290 g/mol. The lowest BCUT2D eigenvalue weighted by Gasteiger charge is -2.23. The Labute approximate surface area is 122 Å². The van der Waals surface area contributed by atoms with Crippen LogP contribution in [0.4, 0.5) is 8.78 Å². The van der Waals surface area contributed by atoms with Gasteiger partial charge in [0, 0.05) is 13.0 Å². The van der Waals surface area contributed by atoms with E-state index in [0.717, 1.165) is 17.4 Å². The Kier molecular flexibility index (Phi) is 4.27. The molecular formula is C16H16F2N2O. The first-order valence-corrected chi connectivity index (χ1v) is 6.53. The van der Waals surface area contributed by atoms with Crippen LogP contribution in [0.2, 0.25) is 0 Å². The van der Waals surface area contributed by atoms with E-state index in [0.29, 0.717) is 0 Å². The lowest BCUT2D eigenvalue weighted by molar-refractivity contribution is 0.414. The Hall–Kier alpha value is -2.35. The molecule has 0 aromatic heterocycles. The van der Waals surface area contributed by atoms with Crippen LogP contribution in [0.25, 0.3) is 0 Å². The number of nitriles is 1. The monoisotopic (exact) mass is 290 g/mol. The highest BCUT2D eigenvalue weighted by atomic mass is 19.1. The number of benzene rings is 1. The van der Waals surface area contributed by atoms with E-state index < -0.39 is 17.1 Å². The van der Waals surface area contributed by atoms with Crippen molar-refractivity contribution in [2.24, 2.45) is 5.41 Å². The number of nitrogens with zero attached hydrogens (tertiary/aromatic N) is 1. The first-order chi connectivity index (χ1) is 9.97. The van der Waals surface area contributed by atoms with E-state index in [4.69, 9.17) is 10.00 Å². The molecule has 0 saturated heterocycles. The molecule has 1 aliphatic rings. The first-order valence-electron chi connectivity index (χ1n) is 6.53. The van der Waals surface area contributed by atoms with Crippen molar-refractivity contribution >= 4 is 0 Å². The van der Waals surface area contributed by atoms with Gasteiger partial charge in [-0.3, -0.25) is 0 Å². The largest absolute Gasteiger partial charge is 0.497 e. The predicted octanol–water partition coefficient (Wildman–Crippen LogP) is 3.75. The molecule has 3 nitrogen and oxygen atoms in total. The number of hydrogen-bond acceptors (Lipinski definition) is 3. The van der Waals surface area contributed by atoms with E-state index in [-0.39, 0.29) is 18.7 Å². The van der Waals surface area contributed by atoms with Crippen LogP contribution in [0.1, 0.15) is 18.9 Å². The summed E-state index contributed by atoms with van der Waals surface area (Å²) in [5.41, 5.74) is -0.421. The van der Waals surface area contributed by atoms with Gasteiger partial charge in [-0.25, -0.2) is 8.78 Å². The van der Waals surface area contributed by atoms with Gasteiger partial charge in [-0.05, 0) is 30.7 Å². The first kappa shape index (κ1) is 15.0. The minimum atomic E-state index is -1.13. The molecule has 1 atom stereocenters. The van der Waals surface area contributed by atoms with Crippen LogP contribution in [0.15, 0.2) is 47.7 Å². The Balaban J connectivity index is 2.08. The van der Waals surface area contributed by atoms with Crippen LogP contribution >= 0.6 is 0 Å². The van der Waals surface area contributed by atoms with Crippen molar-refractivity contribution in [3.05, 3.63) is 53.3 Å². The fraction of sp³-hybridized carbons (Fsp3) is 0.312. The summed E-state index contributed by atoms with van der Waals surface area (Å²) >= 11 is 0. The molecule has 1 aromatic rings. The van der Waals surface area contributed by atoms with Gasteiger partial charge in [0.25, 0.3) is 0 Å². The van der Waals surface area contributed by atoms with Crippen LogP contribution in [0.3, 0.4) is 0 Å². The molecular weight excluding hydrogens is 274 g/mol. The molecule has 5 heteroatoms. The van der Waals surface area contributed by atoms with E-state index in [1.807, 2.05) is 18.2 Å². The molecule has 21 heavy (non-hydrogen) atoms. The molecule has 0 bridgehead atoms. The van der Waals surface area contributed by atoms with Crippen molar-refractivity contribution in [2.75, 3.05) is 7.11 Å². The third-order valence-corrected chi connectivity index (χ3v) is 3.36. The van der Waals surface area contributed by atoms with Gasteiger partial charge in [0.1, 0.15) is 23.1 Å². The number of nitrogens with one attached hydrogen (secondary N) is 1. The Morgan fingerprint density at radius 2 is 2.00 bits per heavy atom. The standard InChI is InChI=1S/C16H16F2N2O/c1-16(10-19)7-13(17)15(14(18)8-16)20-9-11-3-5-12(21-2)6-4-11/h3-7,20H,8-9H2,1-2H3. The molecule has 0 radical (unpaired) electrons. The van der Waals surface area contributed by atoms with E-state index in [2.05, 4.69) is 5.32 Å². The second-order valence-corrected chi connectivity index (χ2v) is 5.18. The van der Waals surface area contributed by atoms with Crippen LogP contribution in [-0.4, -0.2) is 7.11 Å². The third kappa shape index (κ3) is 3.40. The highest BCUT2D eigenvalue weighted by molar-refractivity contribution is 5.37. The van der Waals surface area contributed by atoms with Crippen LogP contribution in [0.5, 0.6) is 5.75 Å². The maximum atomic E-state index is 14.0. The molecule has 1 aromatic carbocycles. The highest BCUT2D eigenvalue weighted by Gasteiger charge is 2.32. The van der Waals surface area contributed by atoms with Gasteiger partial charge < -0.3 is 10.1 Å². The van der Waals surface area contributed by atoms with Crippen LogP contribution < -0.4 is 10.1 Å². The van der Waals surface area contributed by atoms with E-state index >= 15 is 0 Å². The van der Waals surface area contributed by atoms with E-state index in [1.54, 1.807) is 19.2 Å². The summed E-state index contributed by atoms with van der Waals surface area (Å²) in [5, 5.41) is 11.7. The number of allylic oxidation sites excluding steroid dienone is 3. The topological polar surface area (TPSA) is 45.0 Å². The second kappa shape index (κ2) is 5.96. The van der Waals surface area contributed by atoms with Crippen molar-refractivity contribution in [3.63, 3.8) is 0 Å². The second-order valence-electron chi connectivity index (χ2n) is 5.18. The molecule has 0 aliphatic heterocycles. The quantitative estimate of drug-likeness (QED) is 0.918. The third-order valence-electron chi connectivity index (χ3n) is 3.36. The Morgan fingerprint density at radius 3 is 2.52 bits per heavy atom. The molecule has 1 unspecified atom stereocenters. The number of rotatable bonds is 4. The smallest absolute Gasteiger partial charge is 0.146 e. The molecule has 110 valence electrons. The Bertz CT molecular complexity index is 629. The van der Waals surface area contributed by atoms with Crippen molar-refractivity contribution in [1.29, 1.82) is 5.26 Å². The fourth-order valence-corrected chi connectivity index (χ4v) is 2.13. The summed E-state index contributed by atoms with van der Waals surface area (Å²) in [7, 11) is 1.57. The number of halogens is 2. The number of methoxy groups -OCH3 is 1. The summed E-state index contributed by atoms with van der Waals surface area (Å²) in [6, 6.07) is 9.10. The van der Waals surface area contributed by atoms with E-state index in [9.17, 15) is 8.78 Å². The van der Waals surface area contributed by atoms with Crippen molar-refractivity contribution < 1.29 is 13.5 Å². The van der Waals surface area contributed by atoms with Crippen molar-refractivity contribution in [1.82, 2.24) is 5.32 Å². The summed E-state index contributed by atoms with van der Waals surface area (Å²) in [6.07, 6.45) is 1.04. The minimum absolute atomic E-state index is 0.123. The summed E-state index contributed by atoms with van der Waals surface area (Å²) in [5.74, 6) is -0.637. The zero-order valence-electron chi connectivity index (χ0n) is 11.9. The zero-order valence-corrected chi connectivity index (χ0v) is 11.9. The highest BCUT2D eigenvalue weighted by Crippen LogP contribution is 2.37. The maximum Gasteiger partial charge on any atom is 0.146 e. The minimum Gasteiger partial charge on any atom is -0.497 e. The SMILES string of the molecule is COc1ccc(CNC2=C(F)CC(C)(C#N)C=C2F)cc1. The summed E-state index contributed by atoms with van der Waals surface area (Å²) < 4.78 is 32.9. The van der Waals surface area contributed by atoms with Crippen LogP contribution in [-0.2, 0) is 6.54 Å². The summed E-state index contributed by atoms with van der Waals surface area (Å²) in [4.78, 5) is 0. The molecule has 1 aliphatic carbocycles. The molecule has 0 saturated carbocycles. The number of ether oxygens (including phenoxy) is 1. The number of hydrogen-bond donors (Lipinski definition) is 1. The van der Waals surface area contributed by atoms with Crippen molar-refractivity contribution in [3.8, 4) is 11.8 Å². The Morgan fingerprint density at radius 1 is 1.33 bits per heavy atom. The summed E-state index contributed by atoms with van der Waals surface area (Å²) in [6.45, 7) is 1.80. The maximum absolute atomic E-state index is 14.0. The fourth-order valence-electron chi connectivity index (χ4n) is 2.13. The molecule has 0 amide bonds.